The van der Waals surface area contributed by atoms with Gasteiger partial charge in [-0.25, -0.2) is 13.8 Å². The topological polar surface area (TPSA) is 84.7 Å². The molecule has 0 bridgehead atoms. The number of amides is 2. The lowest BCUT2D eigenvalue weighted by molar-refractivity contribution is -0.116. The minimum Gasteiger partial charge on any atom is -0.441 e. The highest BCUT2D eigenvalue weighted by molar-refractivity contribution is 5.97. The molecule has 2 amide bonds. The molecule has 3 aromatic rings. The summed E-state index contributed by atoms with van der Waals surface area (Å²) in [5.74, 6) is -1.41. The summed E-state index contributed by atoms with van der Waals surface area (Å²) in [7, 11) is 0. The van der Waals surface area contributed by atoms with E-state index in [1.165, 1.54) is 12.3 Å². The maximum atomic E-state index is 13.9. The van der Waals surface area contributed by atoms with Crippen LogP contribution in [0.25, 0.3) is 11.3 Å². The van der Waals surface area contributed by atoms with Crippen molar-refractivity contribution in [1.82, 2.24) is 9.88 Å². The van der Waals surface area contributed by atoms with Crippen molar-refractivity contribution in [3.05, 3.63) is 71.8 Å². The zero-order valence-corrected chi connectivity index (χ0v) is 17.1. The Balaban J connectivity index is 1.33. The van der Waals surface area contributed by atoms with Crippen LogP contribution in [-0.4, -0.2) is 48.0 Å². The molecule has 0 atom stereocenters. The highest BCUT2D eigenvalue weighted by Crippen LogP contribution is 2.24. The van der Waals surface area contributed by atoms with Crippen molar-refractivity contribution in [3.8, 4) is 11.3 Å². The first-order valence-electron chi connectivity index (χ1n) is 10.2. The molecule has 0 unspecified atom stereocenters. The van der Waals surface area contributed by atoms with Gasteiger partial charge in [0, 0.05) is 43.2 Å². The molecular weight excluding hydrogens is 420 g/mol. The van der Waals surface area contributed by atoms with Crippen molar-refractivity contribution >= 4 is 17.5 Å². The lowest BCUT2D eigenvalue weighted by atomic mass is 10.1. The third-order valence-electron chi connectivity index (χ3n) is 5.01. The van der Waals surface area contributed by atoms with Crippen molar-refractivity contribution in [2.24, 2.45) is 0 Å². The minimum atomic E-state index is -0.753. The average Bonchev–Trinajstić information content (AvgIpc) is 3.27. The zero-order valence-electron chi connectivity index (χ0n) is 17.1. The first-order chi connectivity index (χ1) is 15.5. The van der Waals surface area contributed by atoms with Crippen LogP contribution in [0.1, 0.15) is 22.7 Å². The largest absolute Gasteiger partial charge is 0.441 e. The molecule has 7 nitrogen and oxygen atoms in total. The third-order valence-corrected chi connectivity index (χ3v) is 5.01. The van der Waals surface area contributed by atoms with Gasteiger partial charge in [0.25, 0.3) is 5.91 Å². The quantitative estimate of drug-likeness (QED) is 0.631. The van der Waals surface area contributed by atoms with Gasteiger partial charge in [-0.1, -0.05) is 6.07 Å². The Morgan fingerprint density at radius 1 is 1.09 bits per heavy atom. The number of hydrogen-bond donors (Lipinski definition) is 1. The number of carbonyl (C=O) groups is 2. The number of benzene rings is 2. The first-order valence-corrected chi connectivity index (χ1v) is 10.2. The molecule has 2 aromatic carbocycles. The van der Waals surface area contributed by atoms with Crippen LogP contribution >= 0.6 is 0 Å². The van der Waals surface area contributed by atoms with Crippen LogP contribution < -0.4 is 5.32 Å². The summed E-state index contributed by atoms with van der Waals surface area (Å²) in [6.07, 6.45) is 1.61. The van der Waals surface area contributed by atoms with Crippen molar-refractivity contribution in [1.29, 1.82) is 0 Å². The highest BCUT2D eigenvalue weighted by atomic mass is 19.1. The second kappa shape index (κ2) is 9.69. The monoisotopic (exact) mass is 441 g/mol. The van der Waals surface area contributed by atoms with E-state index < -0.39 is 11.6 Å². The molecule has 4 rings (SSSR count). The predicted octanol–water partition coefficient (Wildman–Crippen LogP) is 3.66. The summed E-state index contributed by atoms with van der Waals surface area (Å²) in [6.45, 7) is 2.10. The second-order valence-corrected chi connectivity index (χ2v) is 7.28. The van der Waals surface area contributed by atoms with Crippen LogP contribution in [0.4, 0.5) is 14.5 Å². The standard InChI is InChI=1S/C23H21F2N3O4/c24-16-4-5-18(19(25)13-16)20-14-26-22(32-20)7-6-21(29)27-17-3-1-2-15(12-17)23(30)28-8-10-31-11-9-28/h1-5,12-14H,6-11H2,(H,27,29). The highest BCUT2D eigenvalue weighted by Gasteiger charge is 2.19. The van der Waals surface area contributed by atoms with Gasteiger partial charge in [-0.3, -0.25) is 9.59 Å². The number of ether oxygens (including phenoxy) is 1. The number of aryl methyl sites for hydroxylation is 1. The van der Waals surface area contributed by atoms with Gasteiger partial charge in [-0.05, 0) is 30.3 Å². The van der Waals surface area contributed by atoms with Crippen molar-refractivity contribution in [2.45, 2.75) is 12.8 Å². The number of morpholine rings is 1. The Labute approximate surface area is 183 Å². The van der Waals surface area contributed by atoms with Crippen molar-refractivity contribution in [3.63, 3.8) is 0 Å². The van der Waals surface area contributed by atoms with Crippen molar-refractivity contribution < 1.29 is 27.5 Å². The molecule has 1 saturated heterocycles. The van der Waals surface area contributed by atoms with Crippen LogP contribution in [0.3, 0.4) is 0 Å². The molecule has 1 N–H and O–H groups in total. The Morgan fingerprint density at radius 3 is 2.69 bits per heavy atom. The number of oxazole rings is 1. The van der Waals surface area contributed by atoms with E-state index in [0.717, 1.165) is 12.1 Å². The summed E-state index contributed by atoms with van der Waals surface area (Å²) in [4.78, 5) is 30.7. The minimum absolute atomic E-state index is 0.0769. The number of nitrogens with one attached hydrogen (secondary N) is 1. The number of nitrogens with zero attached hydrogens (tertiary/aromatic N) is 2. The summed E-state index contributed by atoms with van der Waals surface area (Å²) >= 11 is 0. The summed E-state index contributed by atoms with van der Waals surface area (Å²) < 4.78 is 37.7. The Bertz CT molecular complexity index is 1130. The van der Waals surface area contributed by atoms with Crippen LogP contribution in [0.5, 0.6) is 0 Å². The fourth-order valence-electron chi connectivity index (χ4n) is 3.36. The SMILES string of the molecule is O=C(CCc1ncc(-c2ccc(F)cc2F)o1)Nc1cccc(C(=O)N2CCOCC2)c1. The van der Waals surface area contributed by atoms with Gasteiger partial charge in [-0.15, -0.1) is 0 Å². The predicted molar refractivity (Wildman–Crippen MR) is 112 cm³/mol. The van der Waals surface area contributed by atoms with Gasteiger partial charge < -0.3 is 19.4 Å². The third kappa shape index (κ3) is 5.17. The molecule has 9 heteroatoms. The number of rotatable bonds is 6. The lowest BCUT2D eigenvalue weighted by Gasteiger charge is -2.27. The number of halogens is 2. The maximum absolute atomic E-state index is 13.9. The number of anilines is 1. The van der Waals surface area contributed by atoms with E-state index in [1.807, 2.05) is 0 Å². The number of aromatic nitrogens is 1. The van der Waals surface area contributed by atoms with Gasteiger partial charge in [-0.2, -0.15) is 0 Å². The first kappa shape index (κ1) is 21.6. The molecular formula is C23H21F2N3O4. The fraction of sp³-hybridized carbons (Fsp3) is 0.261. The maximum Gasteiger partial charge on any atom is 0.254 e. The molecule has 1 aromatic heterocycles. The lowest BCUT2D eigenvalue weighted by Crippen LogP contribution is -2.40. The molecule has 0 spiro atoms. The molecule has 2 heterocycles. The van der Waals surface area contributed by atoms with E-state index in [0.29, 0.717) is 37.6 Å². The van der Waals surface area contributed by atoms with E-state index in [2.05, 4.69) is 10.3 Å². The molecule has 1 fully saturated rings. The van der Waals surface area contributed by atoms with Gasteiger partial charge in [0.2, 0.25) is 5.91 Å². The fourth-order valence-corrected chi connectivity index (χ4v) is 3.36. The van der Waals surface area contributed by atoms with Crippen LogP contribution in [0, 0.1) is 11.6 Å². The average molecular weight is 441 g/mol. The van der Waals surface area contributed by atoms with E-state index in [4.69, 9.17) is 9.15 Å². The number of carbonyl (C=O) groups excluding carboxylic acids is 2. The molecule has 0 saturated carbocycles. The summed E-state index contributed by atoms with van der Waals surface area (Å²) in [5.41, 5.74) is 1.09. The zero-order chi connectivity index (χ0) is 22.5. The molecule has 32 heavy (non-hydrogen) atoms. The van der Waals surface area contributed by atoms with E-state index in [9.17, 15) is 18.4 Å². The molecule has 1 aliphatic rings. The van der Waals surface area contributed by atoms with Gasteiger partial charge in [0.15, 0.2) is 11.7 Å². The summed E-state index contributed by atoms with van der Waals surface area (Å²) in [5, 5.41) is 2.76. The Hall–Kier alpha value is -3.59. The Morgan fingerprint density at radius 2 is 1.91 bits per heavy atom. The second-order valence-electron chi connectivity index (χ2n) is 7.28. The molecule has 0 radical (unpaired) electrons. The smallest absolute Gasteiger partial charge is 0.254 e. The normalized spacial score (nSPS) is 13.8. The van der Waals surface area contributed by atoms with Gasteiger partial charge >= 0.3 is 0 Å². The molecule has 166 valence electrons. The summed E-state index contributed by atoms with van der Waals surface area (Å²) in [6, 6.07) is 9.92. The number of hydrogen-bond acceptors (Lipinski definition) is 5. The van der Waals surface area contributed by atoms with E-state index >= 15 is 0 Å². The van der Waals surface area contributed by atoms with E-state index in [1.54, 1.807) is 29.2 Å². The molecule has 0 aliphatic carbocycles. The molecule has 1 aliphatic heterocycles. The van der Waals surface area contributed by atoms with Crippen LogP contribution in [0.15, 0.2) is 53.1 Å². The van der Waals surface area contributed by atoms with Gasteiger partial charge in [0.1, 0.15) is 11.6 Å². The van der Waals surface area contributed by atoms with Gasteiger partial charge in [0.05, 0.1) is 25.0 Å². The van der Waals surface area contributed by atoms with Crippen LogP contribution in [0.2, 0.25) is 0 Å². The van der Waals surface area contributed by atoms with E-state index in [-0.39, 0.29) is 41.9 Å². The van der Waals surface area contributed by atoms with Crippen molar-refractivity contribution in [2.75, 3.05) is 31.6 Å². The Kier molecular flexibility index (Phi) is 6.55. The van der Waals surface area contributed by atoms with Crippen LogP contribution in [-0.2, 0) is 16.0 Å².